The lowest BCUT2D eigenvalue weighted by Crippen LogP contribution is -2.57. The predicted molar refractivity (Wildman–Crippen MR) is 135 cm³/mol. The maximum Gasteiger partial charge on any atom is 0.419 e. The van der Waals surface area contributed by atoms with Gasteiger partial charge in [-0.25, -0.2) is 4.39 Å². The number of methoxy groups -OCH3 is 2. The topological polar surface area (TPSA) is 89.1 Å². The molecule has 3 aliphatic rings. The Balaban J connectivity index is 0.00000370. The van der Waals surface area contributed by atoms with Gasteiger partial charge in [0.2, 0.25) is 5.82 Å². The fourth-order valence-corrected chi connectivity index (χ4v) is 5.49. The van der Waals surface area contributed by atoms with E-state index in [0.717, 1.165) is 33.3 Å². The average Bonchev–Trinajstić information content (AvgIpc) is 3.33. The summed E-state index contributed by atoms with van der Waals surface area (Å²) in [7, 11) is 2.05. The number of benzene rings is 2. The van der Waals surface area contributed by atoms with E-state index in [1.807, 2.05) is 0 Å². The van der Waals surface area contributed by atoms with Crippen LogP contribution in [0, 0.1) is 11.6 Å². The van der Waals surface area contributed by atoms with E-state index in [9.17, 15) is 31.5 Å². The first-order valence-corrected chi connectivity index (χ1v) is 12.2. The first-order valence-electron chi connectivity index (χ1n) is 12.2. The molecule has 2 fully saturated rings. The summed E-state index contributed by atoms with van der Waals surface area (Å²) in [5.74, 6) is -5.98. The van der Waals surface area contributed by atoms with E-state index in [4.69, 9.17) is 14.2 Å². The van der Waals surface area contributed by atoms with Gasteiger partial charge in [0, 0.05) is 43.6 Å². The number of amides is 2. The van der Waals surface area contributed by atoms with Crippen LogP contribution in [0.5, 0.6) is 5.75 Å². The highest BCUT2D eigenvalue weighted by molar-refractivity contribution is 6.00. The number of hydrogen-bond donors (Lipinski definition) is 2. The molecule has 218 valence electrons. The van der Waals surface area contributed by atoms with Gasteiger partial charge in [0.1, 0.15) is 12.2 Å². The van der Waals surface area contributed by atoms with Gasteiger partial charge in [-0.1, -0.05) is 6.07 Å². The minimum Gasteiger partial charge on any atom is -0.493 e. The Bertz CT molecular complexity index is 1320. The molecule has 2 aromatic carbocycles. The molecule has 0 radical (unpaired) electrons. The van der Waals surface area contributed by atoms with E-state index in [-0.39, 0.29) is 35.6 Å². The summed E-state index contributed by atoms with van der Waals surface area (Å²) < 4.78 is 86.8. The smallest absolute Gasteiger partial charge is 0.419 e. The largest absolute Gasteiger partial charge is 0.493 e. The summed E-state index contributed by atoms with van der Waals surface area (Å²) in [6, 6.07) is 6.44. The van der Waals surface area contributed by atoms with Crippen molar-refractivity contribution in [3.05, 3.63) is 58.7 Å². The normalized spacial score (nSPS) is 26.2. The molecule has 3 aliphatic heterocycles. The van der Waals surface area contributed by atoms with Gasteiger partial charge >= 0.3 is 6.18 Å². The van der Waals surface area contributed by atoms with Gasteiger partial charge in [-0.05, 0) is 36.8 Å². The quantitative estimate of drug-likeness (QED) is 0.497. The van der Waals surface area contributed by atoms with Gasteiger partial charge in [-0.15, -0.1) is 12.4 Å². The third-order valence-corrected chi connectivity index (χ3v) is 7.69. The lowest BCUT2D eigenvalue weighted by molar-refractivity contribution is -0.283. The van der Waals surface area contributed by atoms with Crippen molar-refractivity contribution < 1.29 is 45.8 Å². The molecule has 14 heteroatoms. The standard InChI is InChI=1S/C26H26F5N3O5.ClH/c1-25(26(29,30)31)22(38-3)18(16-6-7-17(27)19(28)20(16)37-2)21(39-25)23(35)33-13-4-5-15-12(8-13)11-34(24(15)36)14-9-32-10-14;/h4-8,14,18,21-22,32H,9-11H2,1-3H3,(H,33,35);1H/t18-,21+,22-,25+;/m0./s1. The zero-order chi connectivity index (χ0) is 28.3. The molecule has 4 atom stereocenters. The number of halogens is 6. The number of ether oxygens (including phenoxy) is 3. The Kier molecular flexibility index (Phi) is 8.07. The Morgan fingerprint density at radius 1 is 1.18 bits per heavy atom. The van der Waals surface area contributed by atoms with Crippen molar-refractivity contribution in [2.45, 2.75) is 49.4 Å². The maximum atomic E-state index is 14.6. The van der Waals surface area contributed by atoms with Gasteiger partial charge in [0.25, 0.3) is 11.8 Å². The molecule has 2 aromatic rings. The van der Waals surface area contributed by atoms with Gasteiger partial charge in [0.15, 0.2) is 17.2 Å². The van der Waals surface area contributed by atoms with E-state index >= 15 is 0 Å². The van der Waals surface area contributed by atoms with Gasteiger partial charge in [-0.2, -0.15) is 17.6 Å². The number of carbonyl (C=O) groups is 2. The molecule has 2 amide bonds. The summed E-state index contributed by atoms with van der Waals surface area (Å²) in [5.41, 5.74) is -1.82. The number of hydrogen-bond acceptors (Lipinski definition) is 6. The van der Waals surface area contributed by atoms with Crippen molar-refractivity contribution in [2.75, 3.05) is 32.6 Å². The van der Waals surface area contributed by atoms with Crippen LogP contribution in [0.4, 0.5) is 27.6 Å². The molecule has 2 saturated heterocycles. The molecule has 40 heavy (non-hydrogen) atoms. The molecule has 0 spiro atoms. The number of fused-ring (bicyclic) bond motifs is 1. The maximum absolute atomic E-state index is 14.6. The molecule has 0 saturated carbocycles. The van der Waals surface area contributed by atoms with Crippen molar-refractivity contribution in [1.29, 1.82) is 0 Å². The number of nitrogens with one attached hydrogen (secondary N) is 2. The second-order valence-electron chi connectivity index (χ2n) is 9.92. The molecular formula is C26H27ClF5N3O5. The second kappa shape index (κ2) is 10.8. The lowest BCUT2D eigenvalue weighted by atomic mass is 9.82. The average molecular weight is 592 g/mol. The molecule has 2 N–H and O–H groups in total. The number of nitrogens with zero attached hydrogens (tertiary/aromatic N) is 1. The van der Waals surface area contributed by atoms with Crippen molar-refractivity contribution in [3.63, 3.8) is 0 Å². The fourth-order valence-electron chi connectivity index (χ4n) is 5.49. The van der Waals surface area contributed by atoms with Crippen LogP contribution in [-0.2, 0) is 20.8 Å². The van der Waals surface area contributed by atoms with Crippen LogP contribution in [0.3, 0.4) is 0 Å². The third kappa shape index (κ3) is 4.68. The van der Waals surface area contributed by atoms with Crippen LogP contribution in [0.15, 0.2) is 30.3 Å². The number of anilines is 1. The monoisotopic (exact) mass is 591 g/mol. The third-order valence-electron chi connectivity index (χ3n) is 7.69. The SMILES string of the molecule is COc1c([C@H]2[C@H](C(=O)Nc3ccc4c(c3)CN(C3CNC3)C4=O)O[C@@](C)(C(F)(F)F)[C@H]2OC)ccc(F)c1F.Cl. The van der Waals surface area contributed by atoms with Crippen molar-refractivity contribution in [1.82, 2.24) is 10.2 Å². The van der Waals surface area contributed by atoms with Crippen LogP contribution in [-0.4, -0.2) is 74.1 Å². The van der Waals surface area contributed by atoms with Crippen LogP contribution >= 0.6 is 12.4 Å². The molecule has 8 nitrogen and oxygen atoms in total. The zero-order valence-corrected chi connectivity index (χ0v) is 22.4. The Labute approximate surface area is 232 Å². The molecule has 0 bridgehead atoms. The Morgan fingerprint density at radius 2 is 1.88 bits per heavy atom. The lowest BCUT2D eigenvalue weighted by Gasteiger charge is -2.35. The molecule has 3 heterocycles. The highest BCUT2D eigenvalue weighted by Gasteiger charge is 2.68. The van der Waals surface area contributed by atoms with Crippen LogP contribution in [0.2, 0.25) is 0 Å². The fraction of sp³-hybridized carbons (Fsp3) is 0.462. The summed E-state index contributed by atoms with van der Waals surface area (Å²) in [4.78, 5) is 27.9. The minimum absolute atomic E-state index is 0. The molecular weight excluding hydrogens is 565 g/mol. The molecule has 0 unspecified atom stereocenters. The zero-order valence-electron chi connectivity index (χ0n) is 21.6. The number of carbonyl (C=O) groups excluding carboxylic acids is 2. The van der Waals surface area contributed by atoms with Gasteiger partial charge in [0.05, 0.1) is 19.1 Å². The van der Waals surface area contributed by atoms with E-state index < -0.39 is 53.2 Å². The molecule has 5 rings (SSSR count). The second-order valence-corrected chi connectivity index (χ2v) is 9.92. The number of rotatable bonds is 6. The van der Waals surface area contributed by atoms with Crippen molar-refractivity contribution >= 4 is 29.9 Å². The van der Waals surface area contributed by atoms with Crippen LogP contribution < -0.4 is 15.4 Å². The van der Waals surface area contributed by atoms with E-state index in [2.05, 4.69) is 10.6 Å². The Morgan fingerprint density at radius 3 is 2.45 bits per heavy atom. The summed E-state index contributed by atoms with van der Waals surface area (Å²) in [6.45, 7) is 2.42. The van der Waals surface area contributed by atoms with Crippen LogP contribution in [0.25, 0.3) is 0 Å². The molecule has 0 aliphatic carbocycles. The Hall–Kier alpha value is -3.00. The van der Waals surface area contributed by atoms with Gasteiger partial charge < -0.3 is 29.7 Å². The number of alkyl halides is 3. The highest BCUT2D eigenvalue weighted by Crippen LogP contribution is 2.52. The first-order chi connectivity index (χ1) is 18.4. The summed E-state index contributed by atoms with van der Waals surface area (Å²) in [5, 5.41) is 5.66. The predicted octanol–water partition coefficient (Wildman–Crippen LogP) is 3.78. The minimum atomic E-state index is -4.99. The summed E-state index contributed by atoms with van der Waals surface area (Å²) >= 11 is 0. The van der Waals surface area contributed by atoms with Gasteiger partial charge in [-0.3, -0.25) is 9.59 Å². The first kappa shape index (κ1) is 30.0. The van der Waals surface area contributed by atoms with E-state index in [0.29, 0.717) is 30.8 Å². The summed E-state index contributed by atoms with van der Waals surface area (Å²) in [6.07, 6.45) is -8.62. The highest BCUT2D eigenvalue weighted by atomic mass is 35.5. The van der Waals surface area contributed by atoms with E-state index in [1.54, 1.807) is 17.0 Å². The van der Waals surface area contributed by atoms with Crippen molar-refractivity contribution in [3.8, 4) is 5.75 Å². The van der Waals surface area contributed by atoms with E-state index in [1.165, 1.54) is 6.07 Å². The van der Waals surface area contributed by atoms with Crippen molar-refractivity contribution in [2.24, 2.45) is 0 Å². The van der Waals surface area contributed by atoms with Crippen LogP contribution in [0.1, 0.15) is 34.3 Å². The molecule has 0 aromatic heterocycles.